The molecule has 6 nitrogen and oxygen atoms in total. The Hall–Kier alpha value is -3.65. The lowest BCUT2D eigenvalue weighted by molar-refractivity contribution is -0.0498. The lowest BCUT2D eigenvalue weighted by Crippen LogP contribution is -2.30. The van der Waals surface area contributed by atoms with Gasteiger partial charge in [-0.15, -0.1) is 0 Å². The second kappa shape index (κ2) is 10.5. The molecule has 8 heteroatoms. The molecule has 5 rings (SSSR count). The number of piperidine rings is 1. The van der Waals surface area contributed by atoms with Crippen molar-refractivity contribution in [3.63, 3.8) is 0 Å². The molecule has 1 aliphatic heterocycles. The van der Waals surface area contributed by atoms with Gasteiger partial charge in [-0.1, -0.05) is 18.6 Å². The van der Waals surface area contributed by atoms with Crippen molar-refractivity contribution in [3.05, 3.63) is 77.9 Å². The number of halogens is 2. The quantitative estimate of drug-likeness (QED) is 0.299. The summed E-state index contributed by atoms with van der Waals surface area (Å²) in [5, 5.41) is 6.52. The molecule has 2 aromatic carbocycles. The predicted molar refractivity (Wildman–Crippen MR) is 134 cm³/mol. The van der Waals surface area contributed by atoms with E-state index in [1.165, 1.54) is 49.2 Å². The number of nitrogens with zero attached hydrogens (tertiary/aromatic N) is 4. The van der Waals surface area contributed by atoms with Crippen molar-refractivity contribution in [1.82, 2.24) is 19.7 Å². The Labute approximate surface area is 208 Å². The van der Waals surface area contributed by atoms with Gasteiger partial charge in [0.25, 0.3) is 0 Å². The second-order valence-electron chi connectivity index (χ2n) is 9.21. The summed E-state index contributed by atoms with van der Waals surface area (Å²) in [6.45, 7) is 0.215. The Bertz CT molecular complexity index is 1360. The number of carbonyl (C=O) groups excluding carboxylic acids is 1. The van der Waals surface area contributed by atoms with E-state index in [0.717, 1.165) is 41.5 Å². The molecule has 186 valence electrons. The van der Waals surface area contributed by atoms with E-state index in [9.17, 15) is 13.6 Å². The van der Waals surface area contributed by atoms with Crippen molar-refractivity contribution in [3.8, 4) is 16.9 Å². The van der Waals surface area contributed by atoms with E-state index in [1.54, 1.807) is 6.20 Å². The number of hydrogen-bond acceptors (Lipinski definition) is 5. The number of aromatic nitrogens is 3. The molecule has 1 saturated heterocycles. The third-order valence-corrected chi connectivity index (χ3v) is 6.72. The maximum Gasteiger partial charge on any atom is 0.387 e. The fraction of sp³-hybridized carbons (Fsp3) is 0.321. The smallest absolute Gasteiger partial charge is 0.387 e. The number of ketones is 1. The number of rotatable bonds is 8. The van der Waals surface area contributed by atoms with E-state index >= 15 is 0 Å². The van der Waals surface area contributed by atoms with Crippen LogP contribution >= 0.6 is 0 Å². The summed E-state index contributed by atoms with van der Waals surface area (Å²) in [5.74, 6) is -0.120. The van der Waals surface area contributed by atoms with Crippen LogP contribution in [0.1, 0.15) is 41.0 Å². The van der Waals surface area contributed by atoms with Gasteiger partial charge in [0.2, 0.25) is 0 Å². The first-order valence-corrected chi connectivity index (χ1v) is 12.2. The SMILES string of the molecule is Cn1ncc(-c2ccc3cnc(CC(=O)c4ccc(OC(F)F)cc4)cc3c2)c1CN1CCCCC1. The number of ether oxygens (including phenoxy) is 1. The Morgan fingerprint density at radius 2 is 1.78 bits per heavy atom. The molecule has 1 aliphatic rings. The Morgan fingerprint density at radius 3 is 2.53 bits per heavy atom. The van der Waals surface area contributed by atoms with Crippen LogP contribution in [0, 0.1) is 0 Å². The molecule has 0 unspecified atom stereocenters. The molecule has 2 aromatic heterocycles. The Balaban J connectivity index is 1.36. The molecule has 0 spiro atoms. The fourth-order valence-electron chi connectivity index (χ4n) is 4.76. The number of likely N-dealkylation sites (tertiary alicyclic amines) is 1. The van der Waals surface area contributed by atoms with Crippen molar-refractivity contribution in [2.24, 2.45) is 7.05 Å². The molecule has 3 heterocycles. The van der Waals surface area contributed by atoms with Gasteiger partial charge < -0.3 is 4.74 Å². The maximum absolute atomic E-state index is 12.8. The highest BCUT2D eigenvalue weighted by atomic mass is 19.3. The minimum Gasteiger partial charge on any atom is -0.435 e. The zero-order valence-corrected chi connectivity index (χ0v) is 20.2. The van der Waals surface area contributed by atoms with E-state index in [0.29, 0.717) is 11.3 Å². The zero-order chi connectivity index (χ0) is 25.1. The molecule has 0 amide bonds. The third kappa shape index (κ3) is 5.44. The fourth-order valence-corrected chi connectivity index (χ4v) is 4.76. The van der Waals surface area contributed by atoms with Crippen molar-refractivity contribution in [1.29, 1.82) is 0 Å². The van der Waals surface area contributed by atoms with E-state index < -0.39 is 6.61 Å². The largest absolute Gasteiger partial charge is 0.435 e. The summed E-state index contributed by atoms with van der Waals surface area (Å²) >= 11 is 0. The molecular weight excluding hydrogens is 462 g/mol. The van der Waals surface area contributed by atoms with Gasteiger partial charge in [-0.05, 0) is 73.3 Å². The summed E-state index contributed by atoms with van der Waals surface area (Å²) in [7, 11) is 1.99. The highest BCUT2D eigenvalue weighted by Crippen LogP contribution is 2.29. The first-order valence-electron chi connectivity index (χ1n) is 12.2. The monoisotopic (exact) mass is 490 g/mol. The standard InChI is InChI=1S/C28H28F2N4O2/c1-33-26(18-34-11-3-2-4-12-34)25(17-32-33)20-5-6-21-16-31-23(14-22(21)13-20)15-27(35)19-7-9-24(10-8-19)36-28(29)30/h5-10,13-14,16-17,28H,2-4,11-12,15,18H2,1H3. The summed E-state index contributed by atoms with van der Waals surface area (Å²) in [6, 6.07) is 13.9. The van der Waals surface area contributed by atoms with Crippen LogP contribution in [0.5, 0.6) is 5.75 Å². The van der Waals surface area contributed by atoms with Crippen LogP contribution in [0.2, 0.25) is 0 Å². The minimum absolute atomic E-state index is 0.0213. The van der Waals surface area contributed by atoms with E-state index in [-0.39, 0.29) is 18.0 Å². The first kappa shape index (κ1) is 24.1. The van der Waals surface area contributed by atoms with Crippen LogP contribution in [0.15, 0.2) is 60.9 Å². The molecule has 0 aliphatic carbocycles. The van der Waals surface area contributed by atoms with Crippen LogP contribution in [0.3, 0.4) is 0 Å². The number of hydrogen-bond donors (Lipinski definition) is 0. The van der Waals surface area contributed by atoms with Crippen LogP contribution in [0.4, 0.5) is 8.78 Å². The molecule has 36 heavy (non-hydrogen) atoms. The van der Waals surface area contributed by atoms with Crippen LogP contribution < -0.4 is 4.74 Å². The molecule has 0 bridgehead atoms. The Kier molecular flexibility index (Phi) is 7.04. The first-order chi connectivity index (χ1) is 17.5. The number of alkyl halides is 2. The zero-order valence-electron chi connectivity index (χ0n) is 20.2. The van der Waals surface area contributed by atoms with E-state index in [1.807, 2.05) is 30.1 Å². The molecule has 0 N–H and O–H groups in total. The molecule has 4 aromatic rings. The topological polar surface area (TPSA) is 60.3 Å². The number of aryl methyl sites for hydroxylation is 1. The second-order valence-corrected chi connectivity index (χ2v) is 9.21. The maximum atomic E-state index is 12.8. The van der Waals surface area contributed by atoms with Gasteiger partial charge in [0.1, 0.15) is 5.75 Å². The van der Waals surface area contributed by atoms with Gasteiger partial charge in [-0.25, -0.2) is 0 Å². The number of benzene rings is 2. The highest BCUT2D eigenvalue weighted by molar-refractivity contribution is 5.98. The van der Waals surface area contributed by atoms with Crippen molar-refractivity contribution >= 4 is 16.6 Å². The van der Waals surface area contributed by atoms with Crippen LogP contribution in [-0.2, 0) is 20.0 Å². The van der Waals surface area contributed by atoms with Gasteiger partial charge in [0, 0.05) is 42.0 Å². The average Bonchev–Trinajstić information content (AvgIpc) is 3.24. The number of Topliss-reactive ketones (excluding diaryl/α,β-unsaturated/α-hetero) is 1. The predicted octanol–water partition coefficient (Wildman–Crippen LogP) is 5.65. The summed E-state index contributed by atoms with van der Waals surface area (Å²) in [6.07, 6.45) is 7.60. The van der Waals surface area contributed by atoms with E-state index in [4.69, 9.17) is 0 Å². The lowest BCUT2D eigenvalue weighted by atomic mass is 10.00. The van der Waals surface area contributed by atoms with Gasteiger partial charge in [-0.2, -0.15) is 13.9 Å². The summed E-state index contributed by atoms with van der Waals surface area (Å²) in [4.78, 5) is 19.7. The van der Waals surface area contributed by atoms with Gasteiger partial charge in [0.05, 0.1) is 18.3 Å². The molecular formula is C28H28F2N4O2. The van der Waals surface area contributed by atoms with Gasteiger partial charge >= 0.3 is 6.61 Å². The van der Waals surface area contributed by atoms with Gasteiger partial charge in [0.15, 0.2) is 5.78 Å². The van der Waals surface area contributed by atoms with Crippen molar-refractivity contribution in [2.45, 2.75) is 38.8 Å². The highest BCUT2D eigenvalue weighted by Gasteiger charge is 2.17. The number of carbonyl (C=O) groups is 1. The van der Waals surface area contributed by atoms with Crippen molar-refractivity contribution in [2.75, 3.05) is 13.1 Å². The van der Waals surface area contributed by atoms with Crippen molar-refractivity contribution < 1.29 is 18.3 Å². The average molecular weight is 491 g/mol. The molecule has 0 atom stereocenters. The van der Waals surface area contributed by atoms with Crippen LogP contribution in [-0.4, -0.2) is 45.1 Å². The molecule has 0 saturated carbocycles. The Morgan fingerprint density at radius 1 is 1.00 bits per heavy atom. The summed E-state index contributed by atoms with van der Waals surface area (Å²) in [5.41, 5.74) is 4.47. The number of pyridine rings is 1. The number of fused-ring (bicyclic) bond motifs is 1. The van der Waals surface area contributed by atoms with Crippen LogP contribution in [0.25, 0.3) is 21.9 Å². The molecule has 1 fully saturated rings. The minimum atomic E-state index is -2.90. The normalized spacial score (nSPS) is 14.4. The summed E-state index contributed by atoms with van der Waals surface area (Å²) < 4.78 is 31.0. The lowest BCUT2D eigenvalue weighted by Gasteiger charge is -2.26. The van der Waals surface area contributed by atoms with E-state index in [2.05, 4.69) is 31.9 Å². The molecule has 0 radical (unpaired) electrons. The third-order valence-electron chi connectivity index (χ3n) is 6.72. The van der Waals surface area contributed by atoms with Gasteiger partial charge in [-0.3, -0.25) is 19.4 Å².